The van der Waals surface area contributed by atoms with Crippen LogP contribution in [0.3, 0.4) is 0 Å². The average molecular weight is 308 g/mol. The standard InChI is InChI=1S/C19H33NS/c1-4-7-9-13-17(14-10-8-5-2)20-18-15-11-12-16-19(18)21-6-3/h11-12,15-17,20H,4-10,13-14H2,1-3H3. The summed E-state index contributed by atoms with van der Waals surface area (Å²) in [5, 5.41) is 3.83. The molecule has 0 saturated carbocycles. The molecule has 0 unspecified atom stereocenters. The van der Waals surface area contributed by atoms with Gasteiger partial charge < -0.3 is 5.32 Å². The van der Waals surface area contributed by atoms with Crippen molar-refractivity contribution in [3.8, 4) is 0 Å². The van der Waals surface area contributed by atoms with Crippen molar-refractivity contribution < 1.29 is 0 Å². The predicted molar refractivity (Wildman–Crippen MR) is 98.5 cm³/mol. The minimum Gasteiger partial charge on any atom is -0.381 e. The first-order valence-corrected chi connectivity index (χ1v) is 9.78. The molecule has 1 nitrogen and oxygen atoms in total. The van der Waals surface area contributed by atoms with Crippen LogP contribution >= 0.6 is 11.8 Å². The van der Waals surface area contributed by atoms with E-state index in [1.807, 2.05) is 11.8 Å². The molecule has 120 valence electrons. The van der Waals surface area contributed by atoms with Gasteiger partial charge in [0.15, 0.2) is 0 Å². The monoisotopic (exact) mass is 307 g/mol. The van der Waals surface area contributed by atoms with E-state index in [2.05, 4.69) is 50.4 Å². The van der Waals surface area contributed by atoms with Crippen LogP contribution in [0.4, 0.5) is 5.69 Å². The van der Waals surface area contributed by atoms with Gasteiger partial charge in [0.05, 0.1) is 0 Å². The molecular weight excluding hydrogens is 274 g/mol. The molecule has 0 radical (unpaired) electrons. The van der Waals surface area contributed by atoms with Crippen molar-refractivity contribution in [1.29, 1.82) is 0 Å². The van der Waals surface area contributed by atoms with Crippen LogP contribution in [0.15, 0.2) is 29.2 Å². The number of nitrogens with one attached hydrogen (secondary N) is 1. The first-order chi connectivity index (χ1) is 10.3. The third-order valence-electron chi connectivity index (χ3n) is 3.86. The Labute approximate surface area is 136 Å². The molecule has 21 heavy (non-hydrogen) atoms. The van der Waals surface area contributed by atoms with E-state index in [0.717, 1.165) is 5.75 Å². The smallest absolute Gasteiger partial charge is 0.0480 e. The van der Waals surface area contributed by atoms with Crippen LogP contribution in [0.2, 0.25) is 0 Å². The van der Waals surface area contributed by atoms with Gasteiger partial charge >= 0.3 is 0 Å². The molecule has 0 bridgehead atoms. The number of unbranched alkanes of at least 4 members (excludes halogenated alkanes) is 4. The molecule has 0 aromatic heterocycles. The maximum Gasteiger partial charge on any atom is 0.0480 e. The zero-order valence-electron chi connectivity index (χ0n) is 14.2. The molecule has 0 aliphatic rings. The summed E-state index contributed by atoms with van der Waals surface area (Å²) >= 11 is 1.94. The largest absolute Gasteiger partial charge is 0.381 e. The van der Waals surface area contributed by atoms with Gasteiger partial charge in [-0.3, -0.25) is 0 Å². The van der Waals surface area contributed by atoms with Crippen molar-refractivity contribution in [2.45, 2.75) is 83.1 Å². The van der Waals surface area contributed by atoms with Crippen molar-refractivity contribution in [2.75, 3.05) is 11.1 Å². The lowest BCUT2D eigenvalue weighted by Crippen LogP contribution is -2.20. The number of hydrogen-bond acceptors (Lipinski definition) is 2. The van der Waals surface area contributed by atoms with Gasteiger partial charge in [0, 0.05) is 16.6 Å². The van der Waals surface area contributed by atoms with Crippen LogP contribution in [-0.4, -0.2) is 11.8 Å². The second kappa shape index (κ2) is 12.0. The Morgan fingerprint density at radius 1 is 0.905 bits per heavy atom. The number of para-hydroxylation sites is 1. The second-order valence-electron chi connectivity index (χ2n) is 5.76. The molecular formula is C19H33NS. The molecule has 0 amide bonds. The summed E-state index contributed by atoms with van der Waals surface area (Å²) in [6.07, 6.45) is 10.7. The molecule has 0 spiro atoms. The predicted octanol–water partition coefficient (Wildman–Crippen LogP) is 6.74. The second-order valence-corrected chi connectivity index (χ2v) is 7.07. The van der Waals surface area contributed by atoms with Crippen LogP contribution in [-0.2, 0) is 0 Å². The maximum absolute atomic E-state index is 3.83. The van der Waals surface area contributed by atoms with Gasteiger partial charge in [0.1, 0.15) is 0 Å². The topological polar surface area (TPSA) is 12.0 Å². The highest BCUT2D eigenvalue weighted by Gasteiger charge is 2.10. The van der Waals surface area contributed by atoms with Gasteiger partial charge in [-0.1, -0.05) is 71.4 Å². The first kappa shape index (κ1) is 18.4. The summed E-state index contributed by atoms with van der Waals surface area (Å²) in [5.41, 5.74) is 1.34. The van der Waals surface area contributed by atoms with Gasteiger partial charge in [-0.25, -0.2) is 0 Å². The number of thioether (sulfide) groups is 1. The van der Waals surface area contributed by atoms with Gasteiger partial charge in [0.2, 0.25) is 0 Å². The van der Waals surface area contributed by atoms with Gasteiger partial charge in [0.25, 0.3) is 0 Å². The molecule has 2 heteroatoms. The number of hydrogen-bond donors (Lipinski definition) is 1. The zero-order chi connectivity index (χ0) is 15.3. The molecule has 0 aliphatic carbocycles. The van der Waals surface area contributed by atoms with E-state index in [0.29, 0.717) is 6.04 Å². The number of anilines is 1. The Morgan fingerprint density at radius 2 is 1.52 bits per heavy atom. The number of rotatable bonds is 12. The van der Waals surface area contributed by atoms with Crippen molar-refractivity contribution in [1.82, 2.24) is 0 Å². The molecule has 0 atom stereocenters. The summed E-state index contributed by atoms with van der Waals surface area (Å²) in [7, 11) is 0. The lowest BCUT2D eigenvalue weighted by Gasteiger charge is -2.21. The minimum absolute atomic E-state index is 0.640. The number of benzene rings is 1. The fourth-order valence-electron chi connectivity index (χ4n) is 2.66. The van der Waals surface area contributed by atoms with Crippen molar-refractivity contribution in [3.63, 3.8) is 0 Å². The minimum atomic E-state index is 0.640. The highest BCUT2D eigenvalue weighted by atomic mass is 32.2. The fraction of sp³-hybridized carbons (Fsp3) is 0.684. The SMILES string of the molecule is CCCCCC(CCCCC)Nc1ccccc1SCC. The lowest BCUT2D eigenvalue weighted by atomic mass is 10.0. The van der Waals surface area contributed by atoms with Crippen molar-refractivity contribution in [2.24, 2.45) is 0 Å². The summed E-state index contributed by atoms with van der Waals surface area (Å²) in [6, 6.07) is 9.42. The van der Waals surface area contributed by atoms with Gasteiger partial charge in [-0.2, -0.15) is 0 Å². The Balaban J connectivity index is 2.60. The van der Waals surface area contributed by atoms with Crippen LogP contribution < -0.4 is 5.32 Å². The summed E-state index contributed by atoms with van der Waals surface area (Å²) in [4.78, 5) is 1.40. The third-order valence-corrected chi connectivity index (χ3v) is 4.81. The highest BCUT2D eigenvalue weighted by molar-refractivity contribution is 7.99. The maximum atomic E-state index is 3.83. The molecule has 0 aliphatic heterocycles. The van der Waals surface area contributed by atoms with Crippen molar-refractivity contribution in [3.05, 3.63) is 24.3 Å². The highest BCUT2D eigenvalue weighted by Crippen LogP contribution is 2.28. The normalized spacial score (nSPS) is 11.0. The fourth-order valence-corrected chi connectivity index (χ4v) is 3.43. The molecule has 1 aromatic carbocycles. The molecule has 1 rings (SSSR count). The summed E-state index contributed by atoms with van der Waals surface area (Å²) in [5.74, 6) is 1.13. The quantitative estimate of drug-likeness (QED) is 0.339. The van der Waals surface area contributed by atoms with E-state index in [-0.39, 0.29) is 0 Å². The first-order valence-electron chi connectivity index (χ1n) is 8.80. The Morgan fingerprint density at radius 3 is 2.10 bits per heavy atom. The van der Waals surface area contributed by atoms with Gasteiger partial charge in [-0.15, -0.1) is 11.8 Å². The average Bonchev–Trinajstić information content (AvgIpc) is 2.49. The van der Waals surface area contributed by atoms with E-state index < -0.39 is 0 Å². The Hall–Kier alpha value is -0.630. The third kappa shape index (κ3) is 7.80. The summed E-state index contributed by atoms with van der Waals surface area (Å²) < 4.78 is 0. The van der Waals surface area contributed by atoms with Gasteiger partial charge in [-0.05, 0) is 30.7 Å². The molecule has 0 saturated heterocycles. The van der Waals surface area contributed by atoms with Crippen LogP contribution in [0.1, 0.15) is 72.1 Å². The van der Waals surface area contributed by atoms with E-state index in [4.69, 9.17) is 0 Å². The van der Waals surface area contributed by atoms with E-state index >= 15 is 0 Å². The van der Waals surface area contributed by atoms with Crippen LogP contribution in [0.5, 0.6) is 0 Å². The Bertz CT molecular complexity index is 354. The molecule has 0 fully saturated rings. The van der Waals surface area contributed by atoms with E-state index in [1.165, 1.54) is 61.9 Å². The molecule has 1 N–H and O–H groups in total. The van der Waals surface area contributed by atoms with E-state index in [1.54, 1.807) is 0 Å². The zero-order valence-corrected chi connectivity index (χ0v) is 15.0. The lowest BCUT2D eigenvalue weighted by molar-refractivity contribution is 0.526. The van der Waals surface area contributed by atoms with Crippen molar-refractivity contribution >= 4 is 17.4 Å². The van der Waals surface area contributed by atoms with Crippen LogP contribution in [0, 0.1) is 0 Å². The molecule has 0 heterocycles. The molecule has 1 aromatic rings. The Kier molecular flexibility index (Phi) is 10.5. The van der Waals surface area contributed by atoms with Crippen LogP contribution in [0.25, 0.3) is 0 Å². The summed E-state index contributed by atoms with van der Waals surface area (Å²) in [6.45, 7) is 6.79. The van der Waals surface area contributed by atoms with E-state index in [9.17, 15) is 0 Å².